The lowest BCUT2D eigenvalue weighted by atomic mass is 10.3. The Kier molecular flexibility index (Phi) is 3.18. The van der Waals surface area contributed by atoms with Crippen molar-refractivity contribution in [2.45, 2.75) is 6.18 Å². The molecular formula is C6H2F3I2N. The minimum absolute atomic E-state index is 0.517. The van der Waals surface area contributed by atoms with E-state index >= 15 is 0 Å². The number of halogens is 5. The number of alkyl halides is 3. The summed E-state index contributed by atoms with van der Waals surface area (Å²) in [5, 5.41) is 0. The van der Waals surface area contributed by atoms with Crippen molar-refractivity contribution in [1.82, 2.24) is 4.98 Å². The highest BCUT2D eigenvalue weighted by molar-refractivity contribution is 14.1. The predicted octanol–water partition coefficient (Wildman–Crippen LogP) is 3.31. The van der Waals surface area contributed by atoms with E-state index in [0.29, 0.717) is 7.27 Å². The minimum Gasteiger partial charge on any atom is -0.249 e. The molecule has 1 nitrogen and oxygen atoms in total. The lowest BCUT2D eigenvalue weighted by molar-refractivity contribution is -0.137. The normalized spacial score (nSPS) is 11.8. The van der Waals surface area contributed by atoms with Crippen LogP contribution in [0.1, 0.15) is 5.56 Å². The highest BCUT2D eigenvalue weighted by atomic mass is 127. The molecule has 0 aromatic carbocycles. The maximum absolute atomic E-state index is 12.1. The molecule has 0 aliphatic carbocycles. The number of aromatic nitrogens is 1. The Balaban J connectivity index is 3.14. The summed E-state index contributed by atoms with van der Waals surface area (Å²) < 4.78 is 37.3. The Morgan fingerprint density at radius 1 is 1.25 bits per heavy atom. The number of pyridine rings is 1. The lowest BCUT2D eigenvalue weighted by Crippen LogP contribution is -2.06. The average Bonchev–Trinajstić information content (AvgIpc) is 1.92. The van der Waals surface area contributed by atoms with Crippen molar-refractivity contribution < 1.29 is 13.2 Å². The van der Waals surface area contributed by atoms with Crippen LogP contribution >= 0.6 is 45.2 Å². The van der Waals surface area contributed by atoms with Crippen molar-refractivity contribution in [3.8, 4) is 0 Å². The van der Waals surface area contributed by atoms with E-state index in [1.54, 1.807) is 0 Å². The second-order valence-electron chi connectivity index (χ2n) is 1.99. The maximum Gasteiger partial charge on any atom is 0.417 e. The van der Waals surface area contributed by atoms with Gasteiger partial charge in [0, 0.05) is 9.77 Å². The fourth-order valence-corrected chi connectivity index (χ4v) is 1.35. The van der Waals surface area contributed by atoms with Gasteiger partial charge in [0.25, 0.3) is 0 Å². The van der Waals surface area contributed by atoms with Crippen LogP contribution in [0, 0.1) is 7.27 Å². The largest absolute Gasteiger partial charge is 0.417 e. The van der Waals surface area contributed by atoms with Gasteiger partial charge in [-0.15, -0.1) is 0 Å². The van der Waals surface area contributed by atoms with Gasteiger partial charge in [0.2, 0.25) is 0 Å². The van der Waals surface area contributed by atoms with E-state index in [-0.39, 0.29) is 0 Å². The molecule has 0 spiro atoms. The van der Waals surface area contributed by atoms with Gasteiger partial charge in [-0.3, -0.25) is 0 Å². The SMILES string of the molecule is FC(F)(F)c1cnc(I)c(I)c1. The summed E-state index contributed by atoms with van der Waals surface area (Å²) in [6.07, 6.45) is -3.46. The minimum atomic E-state index is -4.29. The van der Waals surface area contributed by atoms with Crippen LogP contribution in [0.25, 0.3) is 0 Å². The molecule has 1 aromatic heterocycles. The van der Waals surface area contributed by atoms with E-state index in [9.17, 15) is 13.2 Å². The van der Waals surface area contributed by atoms with Gasteiger partial charge in [0.15, 0.2) is 0 Å². The molecule has 0 radical (unpaired) electrons. The summed E-state index contributed by atoms with van der Waals surface area (Å²) in [7, 11) is 0. The molecule has 0 N–H and O–H groups in total. The maximum atomic E-state index is 12.1. The van der Waals surface area contributed by atoms with Crippen molar-refractivity contribution in [1.29, 1.82) is 0 Å². The first-order chi connectivity index (χ1) is 5.41. The lowest BCUT2D eigenvalue weighted by Gasteiger charge is -2.06. The Morgan fingerprint density at radius 3 is 2.25 bits per heavy atom. The molecule has 0 aliphatic rings. The summed E-state index contributed by atoms with van der Waals surface area (Å²) in [4.78, 5) is 3.60. The van der Waals surface area contributed by atoms with Crippen molar-refractivity contribution >= 4 is 45.2 Å². The molecule has 0 fully saturated rings. The first kappa shape index (κ1) is 10.5. The third-order valence-electron chi connectivity index (χ3n) is 1.12. The molecule has 66 valence electrons. The van der Waals surface area contributed by atoms with Crippen LogP contribution in [-0.4, -0.2) is 4.98 Å². The van der Waals surface area contributed by atoms with E-state index in [1.165, 1.54) is 0 Å². The zero-order valence-corrected chi connectivity index (χ0v) is 9.81. The first-order valence-corrected chi connectivity index (χ1v) is 4.95. The Hall–Kier alpha value is 0.400. The van der Waals surface area contributed by atoms with E-state index < -0.39 is 11.7 Å². The highest BCUT2D eigenvalue weighted by Gasteiger charge is 2.31. The molecule has 1 aromatic rings. The third-order valence-corrected chi connectivity index (χ3v) is 3.84. The van der Waals surface area contributed by atoms with Crippen LogP contribution in [0.15, 0.2) is 12.3 Å². The number of nitrogens with zero attached hydrogens (tertiary/aromatic N) is 1. The highest BCUT2D eigenvalue weighted by Crippen LogP contribution is 2.30. The molecule has 12 heavy (non-hydrogen) atoms. The molecular weight excluding hydrogens is 397 g/mol. The van der Waals surface area contributed by atoms with Gasteiger partial charge in [0.1, 0.15) is 3.70 Å². The fraction of sp³-hybridized carbons (Fsp3) is 0.167. The summed E-state index contributed by atoms with van der Waals surface area (Å²) >= 11 is 3.70. The Bertz CT molecular complexity index is 297. The van der Waals surface area contributed by atoms with Crippen molar-refractivity contribution in [2.75, 3.05) is 0 Å². The van der Waals surface area contributed by atoms with Gasteiger partial charge < -0.3 is 0 Å². The molecule has 0 unspecified atom stereocenters. The molecule has 0 atom stereocenters. The average molecular weight is 399 g/mol. The topological polar surface area (TPSA) is 12.9 Å². The van der Waals surface area contributed by atoms with Gasteiger partial charge in [-0.25, -0.2) is 4.98 Å². The van der Waals surface area contributed by atoms with Crippen molar-refractivity contribution in [3.63, 3.8) is 0 Å². The number of hydrogen-bond donors (Lipinski definition) is 0. The second-order valence-corrected chi connectivity index (χ2v) is 4.18. The molecule has 0 aliphatic heterocycles. The Morgan fingerprint density at radius 2 is 1.83 bits per heavy atom. The molecule has 0 amide bonds. The zero-order chi connectivity index (χ0) is 9.35. The third kappa shape index (κ3) is 2.44. The van der Waals surface area contributed by atoms with Crippen LogP contribution < -0.4 is 0 Å². The summed E-state index contributed by atoms with van der Waals surface area (Å²) in [6, 6.07) is 1.08. The fourth-order valence-electron chi connectivity index (χ4n) is 0.576. The van der Waals surface area contributed by atoms with Crippen LogP contribution in [0.5, 0.6) is 0 Å². The van der Waals surface area contributed by atoms with E-state index in [2.05, 4.69) is 4.98 Å². The monoisotopic (exact) mass is 399 g/mol. The summed E-state index contributed by atoms with van der Waals surface area (Å²) in [5.74, 6) is 0. The van der Waals surface area contributed by atoms with E-state index in [1.807, 2.05) is 45.2 Å². The van der Waals surface area contributed by atoms with Gasteiger partial charge in [0.05, 0.1) is 5.56 Å². The van der Waals surface area contributed by atoms with Crippen LogP contribution in [-0.2, 0) is 6.18 Å². The van der Waals surface area contributed by atoms with Crippen LogP contribution in [0.2, 0.25) is 0 Å². The second kappa shape index (κ2) is 3.64. The smallest absolute Gasteiger partial charge is 0.249 e. The summed E-state index contributed by atoms with van der Waals surface area (Å²) in [6.45, 7) is 0. The standard InChI is InChI=1S/C6H2F3I2N/c7-6(8,9)3-1-4(10)5(11)12-2-3/h1-2H. The van der Waals surface area contributed by atoms with Gasteiger partial charge in [-0.2, -0.15) is 13.2 Å². The van der Waals surface area contributed by atoms with Gasteiger partial charge >= 0.3 is 6.18 Å². The number of hydrogen-bond acceptors (Lipinski definition) is 1. The van der Waals surface area contributed by atoms with Crippen molar-refractivity contribution in [3.05, 3.63) is 25.1 Å². The van der Waals surface area contributed by atoms with Crippen LogP contribution in [0.3, 0.4) is 0 Å². The van der Waals surface area contributed by atoms with Gasteiger partial charge in [-0.05, 0) is 51.2 Å². The molecule has 0 bridgehead atoms. The molecule has 0 saturated carbocycles. The molecule has 1 heterocycles. The predicted molar refractivity (Wildman–Crippen MR) is 54.7 cm³/mol. The van der Waals surface area contributed by atoms with Crippen molar-refractivity contribution in [2.24, 2.45) is 0 Å². The Labute approximate surface area is 94.0 Å². The van der Waals surface area contributed by atoms with Gasteiger partial charge in [-0.1, -0.05) is 0 Å². The first-order valence-electron chi connectivity index (χ1n) is 2.79. The molecule has 1 rings (SSSR count). The van der Waals surface area contributed by atoms with Crippen LogP contribution in [0.4, 0.5) is 13.2 Å². The molecule has 0 saturated heterocycles. The number of rotatable bonds is 0. The summed E-state index contributed by atoms with van der Waals surface area (Å²) in [5.41, 5.74) is -0.702. The van der Waals surface area contributed by atoms with E-state index in [0.717, 1.165) is 12.3 Å². The zero-order valence-electron chi connectivity index (χ0n) is 5.49. The quantitative estimate of drug-likeness (QED) is 0.482. The van der Waals surface area contributed by atoms with E-state index in [4.69, 9.17) is 0 Å². The molecule has 6 heteroatoms.